The van der Waals surface area contributed by atoms with Crippen LogP contribution in [0.5, 0.6) is 0 Å². The number of carboxylic acids is 1. The highest BCUT2D eigenvalue weighted by Gasteiger charge is 2.43. The number of rotatable bonds is 7. The largest absolute Gasteiger partial charge is 0.478 e. The number of carbonyl (C=O) groups excluding carboxylic acids is 3. The van der Waals surface area contributed by atoms with E-state index in [0.29, 0.717) is 12.1 Å². The normalized spacial score (nSPS) is 16.4. The molecule has 3 rings (SSSR count). The lowest BCUT2D eigenvalue weighted by Crippen LogP contribution is -2.45. The first-order valence-corrected chi connectivity index (χ1v) is 9.15. The molecule has 1 aliphatic rings. The number of para-hydroxylation sites is 1. The predicted molar refractivity (Wildman–Crippen MR) is 106 cm³/mol. The Morgan fingerprint density at radius 3 is 2.24 bits per heavy atom. The summed E-state index contributed by atoms with van der Waals surface area (Å²) in [5.41, 5.74) is 1.41. The molecule has 1 N–H and O–H groups in total. The van der Waals surface area contributed by atoms with E-state index in [1.165, 1.54) is 4.90 Å². The van der Waals surface area contributed by atoms with E-state index in [4.69, 9.17) is 5.11 Å². The molecule has 0 saturated carbocycles. The molecule has 29 heavy (non-hydrogen) atoms. The molecule has 2 aromatic rings. The highest BCUT2D eigenvalue weighted by Crippen LogP contribution is 2.26. The fourth-order valence-corrected chi connectivity index (χ4v) is 3.26. The van der Waals surface area contributed by atoms with Crippen LogP contribution >= 0.6 is 0 Å². The molecule has 148 valence electrons. The third-order valence-corrected chi connectivity index (χ3v) is 4.65. The number of nitrogens with zero attached hydrogens (tertiary/aromatic N) is 2. The second-order valence-corrected chi connectivity index (χ2v) is 6.56. The molecule has 1 aliphatic heterocycles. The number of anilines is 1. The van der Waals surface area contributed by atoms with E-state index < -0.39 is 29.7 Å². The molecule has 3 amide bonds. The number of imide groups is 1. The Morgan fingerprint density at radius 1 is 1.00 bits per heavy atom. The maximum absolute atomic E-state index is 13.0. The molecule has 1 atom stereocenters. The van der Waals surface area contributed by atoms with Crippen molar-refractivity contribution in [2.75, 3.05) is 11.4 Å². The first-order valence-electron chi connectivity index (χ1n) is 9.15. The van der Waals surface area contributed by atoms with E-state index in [2.05, 4.69) is 0 Å². The van der Waals surface area contributed by atoms with E-state index in [1.54, 1.807) is 30.3 Å². The van der Waals surface area contributed by atoms with E-state index in [0.717, 1.165) is 22.6 Å². The number of aliphatic carboxylic acids is 1. The third kappa shape index (κ3) is 4.76. The van der Waals surface area contributed by atoms with Crippen LogP contribution in [0.4, 0.5) is 5.69 Å². The Kier molecular flexibility index (Phi) is 6.19. The first-order chi connectivity index (χ1) is 14.0. The van der Waals surface area contributed by atoms with Gasteiger partial charge in [0, 0.05) is 18.7 Å². The number of hydrogen-bond acceptors (Lipinski definition) is 4. The molecule has 0 aromatic heterocycles. The summed E-state index contributed by atoms with van der Waals surface area (Å²) in [6.45, 7) is 0.180. The van der Waals surface area contributed by atoms with Gasteiger partial charge in [0.05, 0.1) is 12.1 Å². The molecule has 0 spiro atoms. The van der Waals surface area contributed by atoms with Crippen LogP contribution in [0.2, 0.25) is 0 Å². The van der Waals surface area contributed by atoms with Crippen LogP contribution < -0.4 is 4.90 Å². The molecular weight excluding hydrogens is 372 g/mol. The van der Waals surface area contributed by atoms with E-state index in [9.17, 15) is 19.2 Å². The maximum atomic E-state index is 13.0. The molecule has 2 aromatic carbocycles. The van der Waals surface area contributed by atoms with E-state index in [1.807, 2.05) is 30.3 Å². The van der Waals surface area contributed by atoms with Gasteiger partial charge in [0.25, 0.3) is 5.91 Å². The zero-order chi connectivity index (χ0) is 20.8. The van der Waals surface area contributed by atoms with Gasteiger partial charge in [0.15, 0.2) is 0 Å². The minimum Gasteiger partial charge on any atom is -0.478 e. The summed E-state index contributed by atoms with van der Waals surface area (Å²) < 4.78 is 0. The second kappa shape index (κ2) is 8.97. The highest BCUT2D eigenvalue weighted by atomic mass is 16.4. The first kappa shape index (κ1) is 20.0. The smallest absolute Gasteiger partial charge is 0.328 e. The second-order valence-electron chi connectivity index (χ2n) is 6.56. The van der Waals surface area contributed by atoms with Crippen LogP contribution in [0.3, 0.4) is 0 Å². The summed E-state index contributed by atoms with van der Waals surface area (Å²) in [7, 11) is 0. The highest BCUT2D eigenvalue weighted by molar-refractivity contribution is 6.23. The summed E-state index contributed by atoms with van der Waals surface area (Å²) in [5, 5.41) is 8.82. The topological polar surface area (TPSA) is 95.0 Å². The lowest BCUT2D eigenvalue weighted by molar-refractivity contribution is -0.135. The van der Waals surface area contributed by atoms with Crippen LogP contribution in [0.25, 0.3) is 0 Å². The molecule has 1 heterocycles. The maximum Gasteiger partial charge on any atom is 0.328 e. The van der Waals surface area contributed by atoms with Crippen molar-refractivity contribution in [2.45, 2.75) is 18.9 Å². The van der Waals surface area contributed by atoms with Crippen molar-refractivity contribution in [1.29, 1.82) is 0 Å². The fourth-order valence-electron chi connectivity index (χ4n) is 3.26. The van der Waals surface area contributed by atoms with Gasteiger partial charge in [-0.05, 0) is 24.1 Å². The van der Waals surface area contributed by atoms with Gasteiger partial charge < -0.3 is 10.0 Å². The van der Waals surface area contributed by atoms with Crippen molar-refractivity contribution in [1.82, 2.24) is 4.90 Å². The molecular formula is C22H20N2O5. The Bertz CT molecular complexity index is 940. The van der Waals surface area contributed by atoms with Gasteiger partial charge in [-0.2, -0.15) is 0 Å². The molecule has 1 unspecified atom stereocenters. The molecule has 0 aliphatic carbocycles. The van der Waals surface area contributed by atoms with Gasteiger partial charge in [-0.3, -0.25) is 14.4 Å². The Morgan fingerprint density at radius 2 is 1.62 bits per heavy atom. The van der Waals surface area contributed by atoms with E-state index in [-0.39, 0.29) is 13.0 Å². The zero-order valence-electron chi connectivity index (χ0n) is 15.6. The van der Waals surface area contributed by atoms with Crippen LogP contribution in [-0.2, 0) is 25.6 Å². The van der Waals surface area contributed by atoms with E-state index >= 15 is 0 Å². The molecule has 1 fully saturated rings. The zero-order valence-corrected chi connectivity index (χ0v) is 15.6. The fraction of sp³-hybridized carbons (Fsp3) is 0.182. The standard InChI is InChI=1S/C22H20N2O5/c25-19(11-12-21(27)28)23(14-13-16-7-3-1-4-8-16)18-15-20(26)24(22(18)29)17-9-5-2-6-10-17/h1-12,18H,13-15H2,(H,27,28). The Hall–Kier alpha value is -3.74. The molecule has 1 saturated heterocycles. The van der Waals surface area contributed by atoms with Gasteiger partial charge in [0.2, 0.25) is 11.8 Å². The number of benzene rings is 2. The van der Waals surface area contributed by atoms with Gasteiger partial charge in [0.1, 0.15) is 6.04 Å². The lowest BCUT2D eigenvalue weighted by atomic mass is 10.1. The van der Waals surface area contributed by atoms with Crippen LogP contribution in [0, 0.1) is 0 Å². The van der Waals surface area contributed by atoms with Crippen LogP contribution in [0.15, 0.2) is 72.8 Å². The lowest BCUT2D eigenvalue weighted by Gasteiger charge is -2.26. The predicted octanol–water partition coefficient (Wildman–Crippen LogP) is 2.03. The monoisotopic (exact) mass is 392 g/mol. The van der Waals surface area contributed by atoms with Crippen molar-refractivity contribution >= 4 is 29.4 Å². The van der Waals surface area contributed by atoms with Gasteiger partial charge in [-0.15, -0.1) is 0 Å². The van der Waals surface area contributed by atoms with Crippen molar-refractivity contribution in [2.24, 2.45) is 0 Å². The van der Waals surface area contributed by atoms with Gasteiger partial charge in [-0.25, -0.2) is 9.69 Å². The average molecular weight is 392 g/mol. The number of amides is 3. The number of carbonyl (C=O) groups is 4. The Labute approximate surface area is 167 Å². The molecule has 0 bridgehead atoms. The summed E-state index contributed by atoms with van der Waals surface area (Å²) in [4.78, 5) is 51.3. The van der Waals surface area contributed by atoms with Crippen molar-refractivity contribution in [3.8, 4) is 0 Å². The number of hydrogen-bond donors (Lipinski definition) is 1. The SMILES string of the molecule is O=C(O)C=CC(=O)N(CCc1ccccc1)C1CC(=O)N(c2ccccc2)C1=O. The van der Waals surface area contributed by atoms with Crippen LogP contribution in [-0.4, -0.2) is 46.3 Å². The van der Waals surface area contributed by atoms with Crippen molar-refractivity contribution in [3.63, 3.8) is 0 Å². The quantitative estimate of drug-likeness (QED) is 0.575. The summed E-state index contributed by atoms with van der Waals surface area (Å²) in [6, 6.07) is 16.9. The van der Waals surface area contributed by atoms with Crippen molar-refractivity contribution < 1.29 is 24.3 Å². The molecule has 7 heteroatoms. The number of carboxylic acid groups (broad SMARTS) is 1. The third-order valence-electron chi connectivity index (χ3n) is 4.65. The Balaban J connectivity index is 1.84. The van der Waals surface area contributed by atoms with Gasteiger partial charge in [-0.1, -0.05) is 48.5 Å². The summed E-state index contributed by atoms with van der Waals surface area (Å²) in [6.07, 6.45) is 1.97. The molecule has 0 radical (unpaired) electrons. The summed E-state index contributed by atoms with van der Waals surface area (Å²) in [5.74, 6) is -2.78. The minimum atomic E-state index is -1.26. The average Bonchev–Trinajstić information content (AvgIpc) is 3.02. The minimum absolute atomic E-state index is 0.144. The van der Waals surface area contributed by atoms with Crippen LogP contribution in [0.1, 0.15) is 12.0 Å². The molecule has 7 nitrogen and oxygen atoms in total. The van der Waals surface area contributed by atoms with Crippen molar-refractivity contribution in [3.05, 3.63) is 78.4 Å². The summed E-state index contributed by atoms with van der Waals surface area (Å²) >= 11 is 0. The van der Waals surface area contributed by atoms with Gasteiger partial charge >= 0.3 is 5.97 Å².